The molecule has 3 heteroatoms. The third kappa shape index (κ3) is 3.27. The third-order valence-electron chi connectivity index (χ3n) is 3.13. The quantitative estimate of drug-likeness (QED) is 0.802. The SMILES string of the molecule is CCCc1cc(C(C)C(CC)NC)ncn1. The zero-order valence-electron chi connectivity index (χ0n) is 10.8. The van der Waals surface area contributed by atoms with Gasteiger partial charge in [-0.1, -0.05) is 27.2 Å². The fourth-order valence-electron chi connectivity index (χ4n) is 2.07. The van der Waals surface area contributed by atoms with Crippen molar-refractivity contribution in [1.82, 2.24) is 15.3 Å². The van der Waals surface area contributed by atoms with Gasteiger partial charge in [0.1, 0.15) is 6.33 Å². The van der Waals surface area contributed by atoms with Gasteiger partial charge in [0, 0.05) is 23.3 Å². The smallest absolute Gasteiger partial charge is 0.115 e. The number of aryl methyl sites for hydroxylation is 1. The molecule has 0 aliphatic rings. The van der Waals surface area contributed by atoms with Gasteiger partial charge in [-0.25, -0.2) is 9.97 Å². The van der Waals surface area contributed by atoms with Crippen LogP contribution < -0.4 is 5.32 Å². The fraction of sp³-hybridized carbons (Fsp3) is 0.692. The Morgan fingerprint density at radius 2 is 2.06 bits per heavy atom. The van der Waals surface area contributed by atoms with Crippen LogP contribution in [-0.4, -0.2) is 23.1 Å². The molecule has 0 aromatic carbocycles. The van der Waals surface area contributed by atoms with Gasteiger partial charge < -0.3 is 5.32 Å². The summed E-state index contributed by atoms with van der Waals surface area (Å²) in [5.74, 6) is 0.439. The van der Waals surface area contributed by atoms with E-state index in [2.05, 4.69) is 42.1 Å². The van der Waals surface area contributed by atoms with Crippen molar-refractivity contribution >= 4 is 0 Å². The Bertz CT molecular complexity index is 308. The molecule has 0 aliphatic heterocycles. The van der Waals surface area contributed by atoms with Crippen LogP contribution in [0.15, 0.2) is 12.4 Å². The number of likely N-dealkylation sites (N-methyl/N-ethyl adjacent to an activating group) is 1. The van der Waals surface area contributed by atoms with Crippen LogP contribution in [0.2, 0.25) is 0 Å². The third-order valence-corrected chi connectivity index (χ3v) is 3.13. The molecule has 1 heterocycles. The van der Waals surface area contributed by atoms with Crippen LogP contribution in [0.25, 0.3) is 0 Å². The molecule has 1 aromatic rings. The predicted octanol–water partition coefficient (Wildman–Crippen LogP) is 2.53. The van der Waals surface area contributed by atoms with Crippen LogP contribution in [0.4, 0.5) is 0 Å². The maximum Gasteiger partial charge on any atom is 0.115 e. The number of rotatable bonds is 6. The number of hydrogen-bond donors (Lipinski definition) is 1. The summed E-state index contributed by atoms with van der Waals surface area (Å²) in [5.41, 5.74) is 2.31. The second-order valence-electron chi connectivity index (χ2n) is 4.28. The topological polar surface area (TPSA) is 37.8 Å². The second kappa shape index (κ2) is 6.59. The lowest BCUT2D eigenvalue weighted by atomic mass is 9.95. The summed E-state index contributed by atoms with van der Waals surface area (Å²) in [6, 6.07) is 2.64. The molecule has 1 N–H and O–H groups in total. The highest BCUT2D eigenvalue weighted by Gasteiger charge is 2.16. The molecular weight excluding hydrogens is 198 g/mol. The minimum Gasteiger partial charge on any atom is -0.316 e. The van der Waals surface area contributed by atoms with Crippen LogP contribution in [0.5, 0.6) is 0 Å². The van der Waals surface area contributed by atoms with Gasteiger partial charge in [-0.3, -0.25) is 0 Å². The van der Waals surface area contributed by atoms with Crippen LogP contribution in [0.3, 0.4) is 0 Å². The van der Waals surface area contributed by atoms with Gasteiger partial charge in [0.05, 0.1) is 0 Å². The Morgan fingerprint density at radius 3 is 2.62 bits per heavy atom. The summed E-state index contributed by atoms with van der Waals surface area (Å²) < 4.78 is 0. The number of aromatic nitrogens is 2. The summed E-state index contributed by atoms with van der Waals surface area (Å²) in [7, 11) is 2.01. The van der Waals surface area contributed by atoms with Gasteiger partial charge in [-0.05, 0) is 26.0 Å². The molecule has 3 nitrogen and oxygen atoms in total. The lowest BCUT2D eigenvalue weighted by molar-refractivity contribution is 0.464. The number of hydrogen-bond acceptors (Lipinski definition) is 3. The van der Waals surface area contributed by atoms with E-state index in [1.165, 1.54) is 0 Å². The molecule has 2 unspecified atom stereocenters. The summed E-state index contributed by atoms with van der Waals surface area (Å²) in [6.07, 6.45) is 4.98. The van der Waals surface area contributed by atoms with Crippen molar-refractivity contribution in [3.8, 4) is 0 Å². The zero-order chi connectivity index (χ0) is 12.0. The van der Waals surface area contributed by atoms with Gasteiger partial charge in [-0.15, -0.1) is 0 Å². The molecule has 2 atom stereocenters. The van der Waals surface area contributed by atoms with Crippen LogP contribution in [0.1, 0.15) is 50.9 Å². The van der Waals surface area contributed by atoms with Crippen LogP contribution in [-0.2, 0) is 6.42 Å². The molecular formula is C13H23N3. The van der Waals surface area contributed by atoms with Crippen molar-refractivity contribution in [2.75, 3.05) is 7.05 Å². The summed E-state index contributed by atoms with van der Waals surface area (Å²) >= 11 is 0. The van der Waals surface area contributed by atoms with Gasteiger partial charge in [0.25, 0.3) is 0 Å². The highest BCUT2D eigenvalue weighted by atomic mass is 14.9. The molecule has 16 heavy (non-hydrogen) atoms. The van der Waals surface area contributed by atoms with Crippen molar-refractivity contribution < 1.29 is 0 Å². The monoisotopic (exact) mass is 221 g/mol. The normalized spacial score (nSPS) is 14.8. The number of nitrogens with zero attached hydrogens (tertiary/aromatic N) is 2. The Morgan fingerprint density at radius 1 is 1.31 bits per heavy atom. The maximum atomic E-state index is 4.39. The van der Waals surface area contributed by atoms with E-state index < -0.39 is 0 Å². The predicted molar refractivity (Wildman–Crippen MR) is 67.6 cm³/mol. The minimum atomic E-state index is 0.439. The molecule has 0 saturated heterocycles. The molecule has 0 aliphatic carbocycles. The summed E-state index contributed by atoms with van der Waals surface area (Å²) in [6.45, 7) is 6.60. The first-order valence-corrected chi connectivity index (χ1v) is 6.21. The second-order valence-corrected chi connectivity index (χ2v) is 4.28. The molecule has 0 spiro atoms. The van der Waals surface area contributed by atoms with Crippen LogP contribution in [0, 0.1) is 0 Å². The largest absolute Gasteiger partial charge is 0.316 e. The first-order valence-electron chi connectivity index (χ1n) is 6.21. The van der Waals surface area contributed by atoms with Crippen molar-refractivity contribution in [3.05, 3.63) is 23.8 Å². The van der Waals surface area contributed by atoms with E-state index in [-0.39, 0.29) is 0 Å². The van der Waals surface area contributed by atoms with Gasteiger partial charge in [0.15, 0.2) is 0 Å². The molecule has 1 aromatic heterocycles. The molecule has 0 bridgehead atoms. The summed E-state index contributed by atoms with van der Waals surface area (Å²) in [4.78, 5) is 8.68. The Balaban J connectivity index is 2.81. The molecule has 90 valence electrons. The average molecular weight is 221 g/mol. The van der Waals surface area contributed by atoms with E-state index in [0.717, 1.165) is 30.7 Å². The Labute approximate surface area is 98.7 Å². The van der Waals surface area contributed by atoms with Crippen LogP contribution >= 0.6 is 0 Å². The maximum absolute atomic E-state index is 4.39. The van der Waals surface area contributed by atoms with E-state index in [9.17, 15) is 0 Å². The minimum absolute atomic E-state index is 0.439. The molecule has 0 saturated carbocycles. The molecule has 1 rings (SSSR count). The average Bonchev–Trinajstić information content (AvgIpc) is 2.31. The van der Waals surface area contributed by atoms with Gasteiger partial charge in [0.2, 0.25) is 0 Å². The lowest BCUT2D eigenvalue weighted by Gasteiger charge is -2.21. The molecule has 0 radical (unpaired) electrons. The highest BCUT2D eigenvalue weighted by molar-refractivity contribution is 5.14. The zero-order valence-corrected chi connectivity index (χ0v) is 10.8. The van der Waals surface area contributed by atoms with Gasteiger partial charge >= 0.3 is 0 Å². The van der Waals surface area contributed by atoms with E-state index in [4.69, 9.17) is 0 Å². The lowest BCUT2D eigenvalue weighted by Crippen LogP contribution is -2.30. The fourth-order valence-corrected chi connectivity index (χ4v) is 2.07. The highest BCUT2D eigenvalue weighted by Crippen LogP contribution is 2.19. The standard InChI is InChI=1S/C13H23N3/c1-5-7-11-8-13(16-9-15-11)10(3)12(6-2)14-4/h8-10,12,14H,5-7H2,1-4H3. The van der Waals surface area contributed by atoms with Crippen molar-refractivity contribution in [3.63, 3.8) is 0 Å². The number of nitrogens with one attached hydrogen (secondary N) is 1. The first kappa shape index (κ1) is 13.1. The molecule has 0 amide bonds. The van der Waals surface area contributed by atoms with Crippen molar-refractivity contribution in [2.45, 2.75) is 52.0 Å². The Kier molecular flexibility index (Phi) is 5.39. The van der Waals surface area contributed by atoms with E-state index in [1.807, 2.05) is 7.05 Å². The Hall–Kier alpha value is -0.960. The first-order chi connectivity index (χ1) is 7.72. The van der Waals surface area contributed by atoms with Crippen molar-refractivity contribution in [1.29, 1.82) is 0 Å². The molecule has 0 fully saturated rings. The van der Waals surface area contributed by atoms with Crippen molar-refractivity contribution in [2.24, 2.45) is 0 Å². The van der Waals surface area contributed by atoms with E-state index in [0.29, 0.717) is 12.0 Å². The van der Waals surface area contributed by atoms with E-state index >= 15 is 0 Å². The summed E-state index contributed by atoms with van der Waals surface area (Å²) in [5, 5.41) is 3.34. The van der Waals surface area contributed by atoms with Gasteiger partial charge in [-0.2, -0.15) is 0 Å². The van der Waals surface area contributed by atoms with E-state index in [1.54, 1.807) is 6.33 Å².